The number of piperazine rings is 1. The predicted octanol–water partition coefficient (Wildman–Crippen LogP) is 2.19. The first kappa shape index (κ1) is 12.2. The molecule has 1 heterocycles. The molecule has 0 aromatic heterocycles. The predicted molar refractivity (Wildman–Crippen MR) is 77.5 cm³/mol. The van der Waals surface area contributed by atoms with E-state index in [9.17, 15) is 4.79 Å². The van der Waals surface area contributed by atoms with Crippen molar-refractivity contribution in [2.75, 3.05) is 26.2 Å². The van der Waals surface area contributed by atoms with Crippen molar-refractivity contribution in [3.8, 4) is 0 Å². The first-order valence-corrected chi connectivity index (χ1v) is 6.76. The Morgan fingerprint density at radius 1 is 1.11 bits per heavy atom. The van der Waals surface area contributed by atoms with Crippen molar-refractivity contribution in [1.82, 2.24) is 10.2 Å². The summed E-state index contributed by atoms with van der Waals surface area (Å²) >= 11 is 0. The fourth-order valence-electron chi connectivity index (χ4n) is 2.70. The van der Waals surface area contributed by atoms with Gasteiger partial charge in [0.05, 0.1) is 0 Å². The Morgan fingerprint density at radius 2 is 1.84 bits per heavy atom. The van der Waals surface area contributed by atoms with Crippen molar-refractivity contribution < 1.29 is 4.79 Å². The van der Waals surface area contributed by atoms with Crippen LogP contribution in [-0.2, 0) is 0 Å². The Bertz CT molecular complexity index is 615. The minimum atomic E-state index is 0.157. The molecule has 3 heteroatoms. The Kier molecular flexibility index (Phi) is 3.22. The number of fused-ring (bicyclic) bond motifs is 1. The number of hydrogen-bond donors (Lipinski definition) is 1. The summed E-state index contributed by atoms with van der Waals surface area (Å²) in [6, 6.07) is 12.2. The summed E-state index contributed by atoms with van der Waals surface area (Å²) < 4.78 is 0. The van der Waals surface area contributed by atoms with E-state index in [2.05, 4.69) is 17.4 Å². The van der Waals surface area contributed by atoms with Crippen LogP contribution in [0.4, 0.5) is 0 Å². The van der Waals surface area contributed by atoms with E-state index in [-0.39, 0.29) is 5.91 Å². The minimum Gasteiger partial charge on any atom is -0.336 e. The Labute approximate surface area is 113 Å². The van der Waals surface area contributed by atoms with Gasteiger partial charge in [-0.25, -0.2) is 0 Å². The van der Waals surface area contributed by atoms with Gasteiger partial charge in [-0.1, -0.05) is 30.3 Å². The maximum absolute atomic E-state index is 12.6. The average Bonchev–Trinajstić information content (AvgIpc) is 2.48. The number of nitrogens with one attached hydrogen (secondary N) is 1. The van der Waals surface area contributed by atoms with E-state index < -0.39 is 0 Å². The topological polar surface area (TPSA) is 32.3 Å². The lowest BCUT2D eigenvalue weighted by Crippen LogP contribution is -2.46. The Hall–Kier alpha value is -1.87. The molecule has 1 fully saturated rings. The molecule has 1 N–H and O–H groups in total. The number of nitrogens with zero attached hydrogens (tertiary/aromatic N) is 1. The highest BCUT2D eigenvalue weighted by Gasteiger charge is 2.19. The summed E-state index contributed by atoms with van der Waals surface area (Å²) in [7, 11) is 0. The third kappa shape index (κ3) is 2.22. The monoisotopic (exact) mass is 254 g/mol. The van der Waals surface area contributed by atoms with Crippen LogP contribution in [0.5, 0.6) is 0 Å². The van der Waals surface area contributed by atoms with E-state index >= 15 is 0 Å². The van der Waals surface area contributed by atoms with Gasteiger partial charge in [0.1, 0.15) is 0 Å². The highest BCUT2D eigenvalue weighted by Crippen LogP contribution is 2.22. The number of aryl methyl sites for hydroxylation is 1. The van der Waals surface area contributed by atoms with Crippen molar-refractivity contribution >= 4 is 16.7 Å². The Balaban J connectivity index is 2.00. The van der Waals surface area contributed by atoms with Crippen molar-refractivity contribution in [1.29, 1.82) is 0 Å². The quantitative estimate of drug-likeness (QED) is 0.846. The van der Waals surface area contributed by atoms with Crippen LogP contribution < -0.4 is 5.32 Å². The number of amides is 1. The van der Waals surface area contributed by atoms with Gasteiger partial charge in [-0.05, 0) is 29.3 Å². The van der Waals surface area contributed by atoms with Crippen LogP contribution in [-0.4, -0.2) is 37.0 Å². The van der Waals surface area contributed by atoms with Crippen LogP contribution >= 0.6 is 0 Å². The molecule has 0 atom stereocenters. The maximum atomic E-state index is 12.6. The summed E-state index contributed by atoms with van der Waals surface area (Å²) in [5, 5.41) is 5.63. The van der Waals surface area contributed by atoms with Gasteiger partial charge in [0.15, 0.2) is 0 Å². The molecule has 3 nitrogen and oxygen atoms in total. The van der Waals surface area contributed by atoms with Crippen LogP contribution in [0.25, 0.3) is 10.8 Å². The number of carbonyl (C=O) groups is 1. The molecule has 0 aliphatic carbocycles. The normalized spacial score (nSPS) is 15.7. The molecule has 0 radical (unpaired) electrons. The molecule has 0 spiro atoms. The van der Waals surface area contributed by atoms with Crippen LogP contribution in [0.1, 0.15) is 15.9 Å². The van der Waals surface area contributed by atoms with E-state index in [0.717, 1.165) is 37.3 Å². The van der Waals surface area contributed by atoms with Gasteiger partial charge in [-0.3, -0.25) is 4.79 Å². The molecule has 0 unspecified atom stereocenters. The average molecular weight is 254 g/mol. The summed E-state index contributed by atoms with van der Waals surface area (Å²) in [6.07, 6.45) is 0. The molecule has 1 saturated heterocycles. The van der Waals surface area contributed by atoms with Gasteiger partial charge in [-0.15, -0.1) is 0 Å². The van der Waals surface area contributed by atoms with Crippen molar-refractivity contribution in [2.24, 2.45) is 0 Å². The third-order valence-corrected chi connectivity index (χ3v) is 3.83. The van der Waals surface area contributed by atoms with Gasteiger partial charge < -0.3 is 10.2 Å². The van der Waals surface area contributed by atoms with E-state index in [0.29, 0.717) is 0 Å². The highest BCUT2D eigenvalue weighted by molar-refractivity contribution is 6.01. The number of rotatable bonds is 1. The molecule has 0 bridgehead atoms. The molecule has 1 amide bonds. The molecule has 1 aliphatic heterocycles. The van der Waals surface area contributed by atoms with Gasteiger partial charge >= 0.3 is 0 Å². The zero-order valence-electron chi connectivity index (χ0n) is 11.1. The van der Waals surface area contributed by atoms with Crippen LogP contribution in [0, 0.1) is 6.92 Å². The lowest BCUT2D eigenvalue weighted by atomic mass is 9.99. The minimum absolute atomic E-state index is 0.157. The molecule has 3 rings (SSSR count). The van der Waals surface area contributed by atoms with Gasteiger partial charge in [-0.2, -0.15) is 0 Å². The second-order valence-electron chi connectivity index (χ2n) is 5.00. The number of carbonyl (C=O) groups excluding carboxylic acids is 1. The molecular weight excluding hydrogens is 236 g/mol. The molecule has 2 aromatic carbocycles. The second-order valence-corrected chi connectivity index (χ2v) is 5.00. The lowest BCUT2D eigenvalue weighted by molar-refractivity contribution is 0.0735. The van der Waals surface area contributed by atoms with Crippen LogP contribution in [0.15, 0.2) is 36.4 Å². The fourth-order valence-corrected chi connectivity index (χ4v) is 2.70. The number of benzene rings is 2. The fraction of sp³-hybridized carbons (Fsp3) is 0.312. The van der Waals surface area contributed by atoms with Crippen molar-refractivity contribution in [3.63, 3.8) is 0 Å². The maximum Gasteiger partial charge on any atom is 0.254 e. The summed E-state index contributed by atoms with van der Waals surface area (Å²) in [5.74, 6) is 0.157. The molecule has 0 saturated carbocycles. The van der Waals surface area contributed by atoms with E-state index in [1.165, 1.54) is 10.8 Å². The van der Waals surface area contributed by atoms with Crippen molar-refractivity contribution in [3.05, 3.63) is 47.5 Å². The second kappa shape index (κ2) is 5.02. The van der Waals surface area contributed by atoms with Crippen LogP contribution in [0.3, 0.4) is 0 Å². The van der Waals surface area contributed by atoms with E-state index in [1.54, 1.807) is 0 Å². The molecule has 98 valence electrons. The number of hydrogen-bond acceptors (Lipinski definition) is 2. The van der Waals surface area contributed by atoms with Gasteiger partial charge in [0.25, 0.3) is 5.91 Å². The molecule has 2 aromatic rings. The zero-order valence-corrected chi connectivity index (χ0v) is 11.1. The SMILES string of the molecule is Cc1c(C(=O)N2CCNCC2)ccc2ccccc12. The molecular formula is C16H18N2O. The summed E-state index contributed by atoms with van der Waals surface area (Å²) in [5.41, 5.74) is 1.92. The van der Waals surface area contributed by atoms with Gasteiger partial charge in [0.2, 0.25) is 0 Å². The standard InChI is InChI=1S/C16H18N2O/c1-12-14-5-3-2-4-13(14)6-7-15(12)16(19)18-10-8-17-9-11-18/h2-7,17H,8-11H2,1H3. The van der Waals surface area contributed by atoms with Crippen molar-refractivity contribution in [2.45, 2.75) is 6.92 Å². The lowest BCUT2D eigenvalue weighted by Gasteiger charge is -2.28. The van der Waals surface area contributed by atoms with Crippen LogP contribution in [0.2, 0.25) is 0 Å². The highest BCUT2D eigenvalue weighted by atomic mass is 16.2. The third-order valence-electron chi connectivity index (χ3n) is 3.83. The largest absolute Gasteiger partial charge is 0.336 e. The first-order chi connectivity index (χ1) is 9.27. The first-order valence-electron chi connectivity index (χ1n) is 6.76. The molecule has 19 heavy (non-hydrogen) atoms. The Morgan fingerprint density at radius 3 is 2.63 bits per heavy atom. The van der Waals surface area contributed by atoms with E-state index in [4.69, 9.17) is 0 Å². The summed E-state index contributed by atoms with van der Waals surface area (Å²) in [6.45, 7) is 5.41. The summed E-state index contributed by atoms with van der Waals surface area (Å²) in [4.78, 5) is 14.5. The van der Waals surface area contributed by atoms with Gasteiger partial charge in [0, 0.05) is 31.7 Å². The molecule has 1 aliphatic rings. The smallest absolute Gasteiger partial charge is 0.254 e. The van der Waals surface area contributed by atoms with E-state index in [1.807, 2.05) is 36.1 Å². The zero-order chi connectivity index (χ0) is 13.2.